The van der Waals surface area contributed by atoms with Crippen molar-refractivity contribution in [2.45, 2.75) is 142 Å². The molecule has 49 heavy (non-hydrogen) atoms. The number of unbranched alkanes of at least 4 members (excludes halogenated alkanes) is 9. The molecule has 0 bridgehead atoms. The fraction of sp³-hybridized carbons (Fsp3) is 0.684. The zero-order valence-corrected chi connectivity index (χ0v) is 31.0. The molecule has 0 heterocycles. The highest BCUT2D eigenvalue weighted by molar-refractivity contribution is 7.47. The minimum atomic E-state index is -4.64. The Morgan fingerprint density at radius 2 is 0.959 bits per heavy atom. The van der Waals surface area contributed by atoms with Crippen LogP contribution in [0.2, 0.25) is 0 Å². The van der Waals surface area contributed by atoms with E-state index in [4.69, 9.17) is 18.5 Å². The van der Waals surface area contributed by atoms with E-state index >= 15 is 0 Å². The van der Waals surface area contributed by atoms with Crippen LogP contribution < -0.4 is 0 Å². The maximum atomic E-state index is 12.3. The molecule has 0 saturated carbocycles. The van der Waals surface area contributed by atoms with Crippen LogP contribution in [0.25, 0.3) is 0 Å². The fourth-order valence-electron chi connectivity index (χ4n) is 4.38. The van der Waals surface area contributed by atoms with Gasteiger partial charge in [0, 0.05) is 12.8 Å². The van der Waals surface area contributed by atoms with Gasteiger partial charge in [-0.2, -0.15) is 0 Å². The monoisotopic (exact) mass is 712 g/mol. The summed E-state index contributed by atoms with van der Waals surface area (Å²) in [6, 6.07) is 0. The van der Waals surface area contributed by atoms with Crippen LogP contribution in [0.5, 0.6) is 0 Å². The molecule has 0 fully saturated rings. The Morgan fingerprint density at radius 3 is 1.45 bits per heavy atom. The smallest absolute Gasteiger partial charge is 0.457 e. The predicted octanol–water partition coefficient (Wildman–Crippen LogP) is 8.77. The van der Waals surface area contributed by atoms with Crippen molar-refractivity contribution in [1.82, 2.24) is 0 Å². The number of carbonyl (C=O) groups is 2. The van der Waals surface area contributed by atoms with E-state index in [0.29, 0.717) is 12.8 Å². The van der Waals surface area contributed by atoms with Gasteiger partial charge in [0.25, 0.3) is 0 Å². The molecule has 10 nitrogen and oxygen atoms in total. The molecule has 3 unspecified atom stereocenters. The largest absolute Gasteiger partial charge is 0.472 e. The van der Waals surface area contributed by atoms with Crippen molar-refractivity contribution in [2.75, 3.05) is 26.4 Å². The number of phosphoric acid groups is 1. The van der Waals surface area contributed by atoms with Gasteiger partial charge in [-0.1, -0.05) is 107 Å². The van der Waals surface area contributed by atoms with Crippen molar-refractivity contribution >= 4 is 19.8 Å². The van der Waals surface area contributed by atoms with Gasteiger partial charge in [0.2, 0.25) is 0 Å². The van der Waals surface area contributed by atoms with Crippen LogP contribution in [0.4, 0.5) is 0 Å². The molecule has 0 aliphatic heterocycles. The highest BCUT2D eigenvalue weighted by Gasteiger charge is 2.27. The number of rotatable bonds is 33. The van der Waals surface area contributed by atoms with Gasteiger partial charge >= 0.3 is 19.8 Å². The highest BCUT2D eigenvalue weighted by atomic mass is 31.2. The molecule has 282 valence electrons. The average Bonchev–Trinajstić information content (AvgIpc) is 3.09. The summed E-state index contributed by atoms with van der Waals surface area (Å²) in [6.45, 7) is 1.95. The molecule has 0 aromatic rings. The quantitative estimate of drug-likeness (QED) is 0.0261. The Balaban J connectivity index is 4.09. The maximum Gasteiger partial charge on any atom is 0.472 e. The third-order valence-electron chi connectivity index (χ3n) is 7.21. The van der Waals surface area contributed by atoms with Gasteiger partial charge in [-0.15, -0.1) is 0 Å². The zero-order valence-electron chi connectivity index (χ0n) is 30.1. The van der Waals surface area contributed by atoms with Crippen LogP contribution >= 0.6 is 7.82 Å². The van der Waals surface area contributed by atoms with Gasteiger partial charge in [-0.25, -0.2) is 4.57 Å². The second-order valence-electron chi connectivity index (χ2n) is 11.8. The molecular weight excluding hydrogens is 647 g/mol. The number of phosphoric ester groups is 1. The lowest BCUT2D eigenvalue weighted by molar-refractivity contribution is -0.153. The molecule has 0 aliphatic rings. The molecule has 0 aromatic carbocycles. The van der Waals surface area contributed by atoms with E-state index in [0.717, 1.165) is 77.0 Å². The molecule has 3 N–H and O–H groups in total. The number of allylic oxidation sites excluding steroid dienone is 10. The Hall–Kier alpha value is -2.33. The van der Waals surface area contributed by atoms with E-state index in [9.17, 15) is 29.3 Å². The summed E-state index contributed by atoms with van der Waals surface area (Å²) >= 11 is 0. The lowest BCUT2D eigenvalue weighted by atomic mass is 10.1. The number of hydrogen-bond donors (Lipinski definition) is 3. The van der Waals surface area contributed by atoms with Crippen molar-refractivity contribution in [3.63, 3.8) is 0 Å². The Morgan fingerprint density at radius 1 is 0.571 bits per heavy atom. The highest BCUT2D eigenvalue weighted by Crippen LogP contribution is 2.43. The molecule has 0 saturated heterocycles. The summed E-state index contributed by atoms with van der Waals surface area (Å²) in [5, 5.41) is 19.0. The first kappa shape index (κ1) is 46.7. The zero-order chi connectivity index (χ0) is 36.3. The van der Waals surface area contributed by atoms with Gasteiger partial charge in [0.1, 0.15) is 12.2 Å². The second kappa shape index (κ2) is 34.1. The summed E-state index contributed by atoms with van der Waals surface area (Å²) in [6.07, 6.45) is 34.9. The molecule has 11 heteroatoms. The molecule has 0 amide bonds. The molecule has 0 radical (unpaired) electrons. The fourth-order valence-corrected chi connectivity index (χ4v) is 5.16. The van der Waals surface area contributed by atoms with E-state index in [1.54, 1.807) is 0 Å². The van der Waals surface area contributed by atoms with Crippen LogP contribution in [0.15, 0.2) is 60.8 Å². The van der Waals surface area contributed by atoms with E-state index in [1.165, 1.54) is 12.8 Å². The van der Waals surface area contributed by atoms with Gasteiger partial charge in [0.15, 0.2) is 0 Å². The lowest BCUT2D eigenvalue weighted by Crippen LogP contribution is -2.28. The van der Waals surface area contributed by atoms with Gasteiger partial charge < -0.3 is 24.6 Å². The normalized spacial score (nSPS) is 14.8. The minimum absolute atomic E-state index is 0.137. The number of aliphatic hydroxyl groups is 2. The molecule has 0 aromatic heterocycles. The third kappa shape index (κ3) is 32.6. The van der Waals surface area contributed by atoms with E-state index in [2.05, 4.69) is 74.6 Å². The molecule has 0 aliphatic carbocycles. The number of esters is 2. The van der Waals surface area contributed by atoms with Gasteiger partial charge in [-0.3, -0.25) is 18.6 Å². The minimum Gasteiger partial charge on any atom is -0.457 e. The average molecular weight is 713 g/mol. The SMILES string of the molecule is CC/C=C\C/C=C\C/C=C\C/C=C\CCCCC(=O)OC(CO)COP(=O)(O)OCC(CO)OC(=O)CCCCCCC/C=C\CCCC. The van der Waals surface area contributed by atoms with Gasteiger partial charge in [0.05, 0.1) is 26.4 Å². The van der Waals surface area contributed by atoms with Crippen LogP contribution in [0, 0.1) is 0 Å². The van der Waals surface area contributed by atoms with Crippen molar-refractivity contribution in [3.05, 3.63) is 60.8 Å². The van der Waals surface area contributed by atoms with E-state index < -0.39 is 58.4 Å². The van der Waals surface area contributed by atoms with Crippen molar-refractivity contribution in [1.29, 1.82) is 0 Å². The summed E-state index contributed by atoms with van der Waals surface area (Å²) in [5.74, 6) is -1.08. The molecule has 0 spiro atoms. The maximum absolute atomic E-state index is 12.3. The molecule has 0 rings (SSSR count). The first-order valence-corrected chi connectivity index (χ1v) is 19.7. The predicted molar refractivity (Wildman–Crippen MR) is 196 cm³/mol. The van der Waals surface area contributed by atoms with Crippen LogP contribution in [-0.4, -0.2) is 65.7 Å². The number of ether oxygens (including phenoxy) is 2. The Bertz CT molecular complexity index is 1000. The first-order chi connectivity index (χ1) is 23.8. The van der Waals surface area contributed by atoms with Crippen molar-refractivity contribution < 1.29 is 47.8 Å². The van der Waals surface area contributed by atoms with E-state index in [1.807, 2.05) is 0 Å². The van der Waals surface area contributed by atoms with Gasteiger partial charge in [-0.05, 0) is 70.6 Å². The Labute approximate surface area is 296 Å². The third-order valence-corrected chi connectivity index (χ3v) is 8.16. The molecular formula is C38H65O10P. The summed E-state index contributed by atoms with van der Waals surface area (Å²) in [5.41, 5.74) is 0. The number of carbonyl (C=O) groups excluding carboxylic acids is 2. The summed E-state index contributed by atoms with van der Waals surface area (Å²) < 4.78 is 32.3. The Kier molecular flexibility index (Phi) is 32.5. The van der Waals surface area contributed by atoms with Crippen LogP contribution in [-0.2, 0) is 32.7 Å². The van der Waals surface area contributed by atoms with Crippen molar-refractivity contribution in [3.8, 4) is 0 Å². The summed E-state index contributed by atoms with van der Waals surface area (Å²) in [7, 11) is -4.64. The second-order valence-corrected chi connectivity index (χ2v) is 13.3. The lowest BCUT2D eigenvalue weighted by Gasteiger charge is -2.20. The topological polar surface area (TPSA) is 149 Å². The number of hydrogen-bond acceptors (Lipinski definition) is 9. The van der Waals surface area contributed by atoms with Crippen LogP contribution in [0.3, 0.4) is 0 Å². The van der Waals surface area contributed by atoms with Crippen molar-refractivity contribution in [2.24, 2.45) is 0 Å². The molecule has 3 atom stereocenters. The first-order valence-electron chi connectivity index (χ1n) is 18.2. The number of aliphatic hydroxyl groups excluding tert-OH is 2. The van der Waals surface area contributed by atoms with Crippen LogP contribution in [0.1, 0.15) is 129 Å². The summed E-state index contributed by atoms with van der Waals surface area (Å²) in [4.78, 5) is 34.3. The standard InChI is InChI=1S/C38H65O10P/c1-3-5-7-9-11-13-15-16-17-18-20-22-24-26-28-30-38(42)48-36(32-40)34-46-49(43,44)45-33-35(31-39)47-37(41)29-27-25-23-21-19-14-12-10-8-6-4-2/h5,7,10-13,16-17,20,22,35-36,39-40H,3-4,6,8-9,14-15,18-19,21,23-34H2,1-2H3,(H,43,44)/b7-5-,12-10-,13-11-,17-16-,22-20-. The van der Waals surface area contributed by atoms with E-state index in [-0.39, 0.29) is 12.8 Å².